The van der Waals surface area contributed by atoms with Gasteiger partial charge in [0.2, 0.25) is 0 Å². The third kappa shape index (κ3) is 2.90. The number of carbonyl (C=O) groups is 1. The Balaban J connectivity index is 2.85. The van der Waals surface area contributed by atoms with Crippen molar-refractivity contribution in [3.63, 3.8) is 0 Å². The molecule has 0 unspecified atom stereocenters. The highest BCUT2D eigenvalue weighted by atomic mass is 32.1. The molecule has 0 radical (unpaired) electrons. The zero-order valence-electron chi connectivity index (χ0n) is 7.73. The molecule has 0 spiro atoms. The van der Waals surface area contributed by atoms with Crippen molar-refractivity contribution < 1.29 is 4.79 Å². The first-order valence-corrected chi connectivity index (χ1v) is 4.97. The van der Waals surface area contributed by atoms with E-state index in [4.69, 9.17) is 5.26 Å². The fourth-order valence-electron chi connectivity index (χ4n) is 1.26. The van der Waals surface area contributed by atoms with E-state index in [-0.39, 0.29) is 11.5 Å². The summed E-state index contributed by atoms with van der Waals surface area (Å²) in [6, 6.07) is 9.60. The molecule has 0 aliphatic heterocycles. The van der Waals surface area contributed by atoms with E-state index in [1.807, 2.05) is 24.3 Å². The van der Waals surface area contributed by atoms with Crippen molar-refractivity contribution in [2.45, 2.75) is 12.8 Å². The Morgan fingerprint density at radius 2 is 2.00 bits per heavy atom. The average Bonchev–Trinajstić information content (AvgIpc) is 2.21. The molecule has 1 rings (SSSR count). The summed E-state index contributed by atoms with van der Waals surface area (Å²) in [7, 11) is 0. The van der Waals surface area contributed by atoms with Crippen LogP contribution in [0.25, 0.3) is 0 Å². The Labute approximate surface area is 89.0 Å². The van der Waals surface area contributed by atoms with Gasteiger partial charge in [-0.2, -0.15) is 17.9 Å². The average molecular weight is 205 g/mol. The molecule has 0 aliphatic carbocycles. The van der Waals surface area contributed by atoms with Crippen LogP contribution in [0.15, 0.2) is 24.3 Å². The number of hydrogen-bond acceptors (Lipinski definition) is 3. The van der Waals surface area contributed by atoms with Gasteiger partial charge in [0, 0.05) is 12.2 Å². The highest BCUT2D eigenvalue weighted by molar-refractivity contribution is 7.81. The van der Waals surface area contributed by atoms with E-state index in [1.165, 1.54) is 0 Å². The van der Waals surface area contributed by atoms with E-state index in [0.29, 0.717) is 12.8 Å². The number of Topliss-reactive ketones (excluding diaryl/α,β-unsaturated/α-hetero) is 1. The number of hydrogen-bond donors (Lipinski definition) is 1. The van der Waals surface area contributed by atoms with E-state index in [1.54, 1.807) is 0 Å². The molecule has 3 heteroatoms. The van der Waals surface area contributed by atoms with Crippen molar-refractivity contribution in [3.8, 4) is 6.07 Å². The minimum Gasteiger partial charge on any atom is -0.298 e. The lowest BCUT2D eigenvalue weighted by Gasteiger charge is -2.04. The Morgan fingerprint density at radius 1 is 1.36 bits per heavy atom. The molecule has 0 amide bonds. The molecule has 0 heterocycles. The maximum Gasteiger partial charge on any atom is 0.146 e. The summed E-state index contributed by atoms with van der Waals surface area (Å²) in [6.07, 6.45) is 0.734. The van der Waals surface area contributed by atoms with Crippen LogP contribution in [0, 0.1) is 11.3 Å². The number of benzene rings is 1. The van der Waals surface area contributed by atoms with Crippen molar-refractivity contribution in [2.75, 3.05) is 5.75 Å². The standard InChI is InChI=1S/C11H11NOS/c12-6-5-9-3-1-2-4-10(9)7-11(13)8-14/h1-4,14H,5,7-8H2. The van der Waals surface area contributed by atoms with Crippen LogP contribution in [0.2, 0.25) is 0 Å². The Kier molecular flexibility index (Phi) is 4.21. The van der Waals surface area contributed by atoms with E-state index >= 15 is 0 Å². The lowest BCUT2D eigenvalue weighted by molar-refractivity contribution is -0.115. The second kappa shape index (κ2) is 5.46. The third-order valence-corrected chi connectivity index (χ3v) is 2.30. The molecule has 0 fully saturated rings. The van der Waals surface area contributed by atoms with Crippen molar-refractivity contribution >= 4 is 18.4 Å². The molecule has 1 aromatic carbocycles. The molecule has 1 aromatic rings. The molecule has 0 bridgehead atoms. The molecule has 14 heavy (non-hydrogen) atoms. The maximum absolute atomic E-state index is 11.2. The van der Waals surface area contributed by atoms with Gasteiger partial charge in [-0.15, -0.1) is 0 Å². The fourth-order valence-corrected chi connectivity index (χ4v) is 1.37. The number of thiol groups is 1. The summed E-state index contributed by atoms with van der Waals surface area (Å²) in [6.45, 7) is 0. The van der Waals surface area contributed by atoms with Gasteiger partial charge < -0.3 is 0 Å². The Hall–Kier alpha value is -1.27. The quantitative estimate of drug-likeness (QED) is 0.761. The zero-order chi connectivity index (χ0) is 10.4. The van der Waals surface area contributed by atoms with Crippen LogP contribution in [0.3, 0.4) is 0 Å². The summed E-state index contributed by atoms with van der Waals surface area (Å²) < 4.78 is 0. The van der Waals surface area contributed by atoms with Crippen LogP contribution in [0.5, 0.6) is 0 Å². The Morgan fingerprint density at radius 3 is 2.57 bits per heavy atom. The van der Waals surface area contributed by atoms with Crippen LogP contribution in [0.4, 0.5) is 0 Å². The van der Waals surface area contributed by atoms with Gasteiger partial charge in [-0.3, -0.25) is 4.79 Å². The van der Waals surface area contributed by atoms with Crippen LogP contribution >= 0.6 is 12.6 Å². The molecule has 72 valence electrons. The van der Waals surface area contributed by atoms with Crippen molar-refractivity contribution in [2.24, 2.45) is 0 Å². The van der Waals surface area contributed by atoms with E-state index in [2.05, 4.69) is 18.7 Å². The van der Waals surface area contributed by atoms with Crippen molar-refractivity contribution in [1.29, 1.82) is 5.26 Å². The summed E-state index contributed by atoms with van der Waals surface area (Å²) in [5.74, 6) is 0.333. The normalized spacial score (nSPS) is 9.43. The topological polar surface area (TPSA) is 40.9 Å². The highest BCUT2D eigenvalue weighted by Gasteiger charge is 2.05. The molecule has 2 nitrogen and oxygen atoms in total. The number of nitrogens with zero attached hydrogens (tertiary/aromatic N) is 1. The van der Waals surface area contributed by atoms with Crippen LogP contribution in [0.1, 0.15) is 11.1 Å². The first-order valence-electron chi connectivity index (χ1n) is 4.34. The lowest BCUT2D eigenvalue weighted by atomic mass is 10.0. The summed E-state index contributed by atoms with van der Waals surface area (Å²) in [5, 5.41) is 8.59. The molecule has 0 N–H and O–H groups in total. The summed E-state index contributed by atoms with van der Waals surface area (Å²) in [5.41, 5.74) is 1.87. The van der Waals surface area contributed by atoms with E-state index in [9.17, 15) is 4.79 Å². The number of rotatable bonds is 4. The van der Waals surface area contributed by atoms with Crippen LogP contribution in [-0.4, -0.2) is 11.5 Å². The Bertz CT molecular complexity index is 368. The van der Waals surface area contributed by atoms with Gasteiger partial charge in [0.1, 0.15) is 5.78 Å². The third-order valence-electron chi connectivity index (χ3n) is 1.95. The molecule has 0 saturated carbocycles. The first-order chi connectivity index (χ1) is 6.77. The molecular formula is C11H11NOS. The zero-order valence-corrected chi connectivity index (χ0v) is 8.63. The van der Waals surface area contributed by atoms with Gasteiger partial charge in [0.15, 0.2) is 0 Å². The summed E-state index contributed by atoms with van der Waals surface area (Å²) >= 11 is 3.92. The molecule has 0 atom stereocenters. The van der Waals surface area contributed by atoms with Crippen LogP contribution < -0.4 is 0 Å². The maximum atomic E-state index is 11.2. The highest BCUT2D eigenvalue weighted by Crippen LogP contribution is 2.10. The molecule has 0 aromatic heterocycles. The second-order valence-electron chi connectivity index (χ2n) is 2.98. The monoisotopic (exact) mass is 205 g/mol. The smallest absolute Gasteiger partial charge is 0.146 e. The molecule has 0 saturated heterocycles. The van der Waals surface area contributed by atoms with Crippen molar-refractivity contribution in [3.05, 3.63) is 35.4 Å². The molecule has 0 aliphatic rings. The van der Waals surface area contributed by atoms with Gasteiger partial charge in [0.05, 0.1) is 12.5 Å². The predicted molar refractivity (Wildman–Crippen MR) is 58.3 cm³/mol. The number of ketones is 1. The number of carbonyl (C=O) groups excluding carboxylic acids is 1. The largest absolute Gasteiger partial charge is 0.298 e. The minimum atomic E-state index is 0.0822. The van der Waals surface area contributed by atoms with Crippen LogP contribution in [-0.2, 0) is 17.6 Å². The van der Waals surface area contributed by atoms with Gasteiger partial charge in [-0.1, -0.05) is 24.3 Å². The van der Waals surface area contributed by atoms with E-state index in [0.717, 1.165) is 11.1 Å². The minimum absolute atomic E-state index is 0.0822. The van der Waals surface area contributed by atoms with Crippen molar-refractivity contribution in [1.82, 2.24) is 0 Å². The summed E-state index contributed by atoms with van der Waals surface area (Å²) in [4.78, 5) is 11.2. The van der Waals surface area contributed by atoms with Gasteiger partial charge >= 0.3 is 0 Å². The number of nitriles is 1. The molecular weight excluding hydrogens is 194 g/mol. The SMILES string of the molecule is N#CCc1ccccc1CC(=O)CS. The van der Waals surface area contributed by atoms with Gasteiger partial charge in [-0.25, -0.2) is 0 Å². The second-order valence-corrected chi connectivity index (χ2v) is 3.29. The van der Waals surface area contributed by atoms with Gasteiger partial charge in [0.25, 0.3) is 0 Å². The first kappa shape index (κ1) is 10.8. The van der Waals surface area contributed by atoms with Gasteiger partial charge in [-0.05, 0) is 11.1 Å². The lowest BCUT2D eigenvalue weighted by Crippen LogP contribution is -2.06. The van der Waals surface area contributed by atoms with E-state index < -0.39 is 0 Å². The predicted octanol–water partition coefficient (Wildman–Crippen LogP) is 1.79. The fraction of sp³-hybridized carbons (Fsp3) is 0.273.